The molecule has 156 valence electrons. The van der Waals surface area contributed by atoms with Crippen molar-refractivity contribution in [2.75, 3.05) is 23.3 Å². The van der Waals surface area contributed by atoms with Gasteiger partial charge in [-0.2, -0.15) is 0 Å². The topological polar surface area (TPSA) is 87.5 Å². The van der Waals surface area contributed by atoms with Crippen LogP contribution in [0, 0.1) is 6.92 Å². The van der Waals surface area contributed by atoms with E-state index in [4.69, 9.17) is 4.42 Å². The van der Waals surface area contributed by atoms with Crippen molar-refractivity contribution in [3.8, 4) is 11.5 Å². The third-order valence-corrected chi connectivity index (χ3v) is 5.83. The van der Waals surface area contributed by atoms with E-state index < -0.39 is 6.04 Å². The minimum Gasteiger partial charge on any atom is -0.462 e. The Morgan fingerprint density at radius 1 is 1.23 bits per heavy atom. The normalized spacial score (nSPS) is 14.5. The summed E-state index contributed by atoms with van der Waals surface area (Å²) in [5.74, 6) is -0.119. The molecule has 1 atom stereocenters. The van der Waals surface area contributed by atoms with Crippen molar-refractivity contribution < 1.29 is 14.0 Å². The summed E-state index contributed by atoms with van der Waals surface area (Å²) < 4.78 is 5.46. The SMILES string of the molecule is Cc1nc(-c2cc(C(=O)NC(C)C(=O)Nc3cccc(N4CCCC4)c3)co2)cs1. The van der Waals surface area contributed by atoms with E-state index in [-0.39, 0.29) is 11.8 Å². The number of nitrogens with one attached hydrogen (secondary N) is 2. The van der Waals surface area contributed by atoms with E-state index in [9.17, 15) is 9.59 Å². The molecule has 2 amide bonds. The number of benzene rings is 1. The van der Waals surface area contributed by atoms with Crippen molar-refractivity contribution in [3.05, 3.63) is 52.5 Å². The first-order chi connectivity index (χ1) is 14.5. The second-order valence-electron chi connectivity index (χ2n) is 7.38. The fourth-order valence-corrected chi connectivity index (χ4v) is 4.02. The number of anilines is 2. The van der Waals surface area contributed by atoms with Crippen molar-refractivity contribution >= 4 is 34.5 Å². The first-order valence-corrected chi connectivity index (χ1v) is 10.9. The lowest BCUT2D eigenvalue weighted by atomic mass is 10.2. The molecule has 2 N–H and O–H groups in total. The minimum atomic E-state index is -0.701. The van der Waals surface area contributed by atoms with Gasteiger partial charge < -0.3 is 20.0 Å². The highest BCUT2D eigenvalue weighted by Crippen LogP contribution is 2.25. The number of thiazole rings is 1. The second-order valence-corrected chi connectivity index (χ2v) is 8.44. The zero-order valence-corrected chi connectivity index (χ0v) is 17.8. The molecule has 1 unspecified atom stereocenters. The van der Waals surface area contributed by atoms with E-state index in [1.807, 2.05) is 36.6 Å². The Labute approximate surface area is 179 Å². The number of carbonyl (C=O) groups is 2. The summed E-state index contributed by atoms with van der Waals surface area (Å²) in [6, 6.07) is 8.73. The van der Waals surface area contributed by atoms with Crippen LogP contribution in [0.3, 0.4) is 0 Å². The molecule has 0 bridgehead atoms. The number of amides is 2. The van der Waals surface area contributed by atoms with E-state index in [1.54, 1.807) is 13.0 Å². The fraction of sp³-hybridized carbons (Fsp3) is 0.318. The van der Waals surface area contributed by atoms with Crippen LogP contribution in [-0.4, -0.2) is 35.9 Å². The van der Waals surface area contributed by atoms with Crippen molar-refractivity contribution in [3.63, 3.8) is 0 Å². The van der Waals surface area contributed by atoms with Gasteiger partial charge in [-0.1, -0.05) is 6.07 Å². The van der Waals surface area contributed by atoms with E-state index in [1.165, 1.54) is 30.4 Å². The Balaban J connectivity index is 1.36. The van der Waals surface area contributed by atoms with E-state index in [0.29, 0.717) is 17.0 Å². The molecule has 1 fully saturated rings. The molecule has 0 radical (unpaired) electrons. The van der Waals surface area contributed by atoms with Gasteiger partial charge >= 0.3 is 0 Å². The molecule has 4 rings (SSSR count). The predicted octanol–water partition coefficient (Wildman–Crippen LogP) is 4.07. The highest BCUT2D eigenvalue weighted by Gasteiger charge is 2.20. The number of aromatic nitrogens is 1. The summed E-state index contributed by atoms with van der Waals surface area (Å²) in [4.78, 5) is 31.7. The van der Waals surface area contributed by atoms with Gasteiger partial charge in [0, 0.05) is 29.8 Å². The maximum Gasteiger partial charge on any atom is 0.255 e. The standard InChI is InChI=1S/C22H24N4O3S/c1-14(21(27)25-17-6-5-7-18(11-17)26-8-3-4-9-26)23-22(28)16-10-20(29-12-16)19-13-30-15(2)24-19/h5-7,10-14H,3-4,8-9H2,1-2H3,(H,23,28)(H,25,27). The summed E-state index contributed by atoms with van der Waals surface area (Å²) in [5, 5.41) is 8.40. The van der Waals surface area contributed by atoms with Gasteiger partial charge in [-0.25, -0.2) is 4.98 Å². The highest BCUT2D eigenvalue weighted by molar-refractivity contribution is 7.09. The maximum absolute atomic E-state index is 12.6. The molecule has 1 saturated heterocycles. The van der Waals surface area contributed by atoms with E-state index >= 15 is 0 Å². The Morgan fingerprint density at radius 2 is 2.03 bits per heavy atom. The number of aryl methyl sites for hydroxylation is 1. The van der Waals surface area contributed by atoms with Gasteiger partial charge in [0.1, 0.15) is 18.0 Å². The van der Waals surface area contributed by atoms with E-state index in [2.05, 4.69) is 20.5 Å². The molecular weight excluding hydrogens is 400 g/mol. The zero-order valence-electron chi connectivity index (χ0n) is 17.0. The Morgan fingerprint density at radius 3 is 2.77 bits per heavy atom. The molecule has 30 heavy (non-hydrogen) atoms. The van der Waals surface area contributed by atoms with Gasteiger partial charge in [0.15, 0.2) is 5.76 Å². The minimum absolute atomic E-state index is 0.277. The van der Waals surface area contributed by atoms with Crippen LogP contribution >= 0.6 is 11.3 Å². The van der Waals surface area contributed by atoms with Gasteiger partial charge in [0.2, 0.25) is 5.91 Å². The van der Waals surface area contributed by atoms with Gasteiger partial charge in [0.25, 0.3) is 5.91 Å². The van der Waals surface area contributed by atoms with Gasteiger partial charge in [0.05, 0.1) is 10.6 Å². The number of rotatable bonds is 6. The van der Waals surface area contributed by atoms with Crippen LogP contribution in [0.25, 0.3) is 11.5 Å². The summed E-state index contributed by atoms with van der Waals surface area (Å²) in [6.45, 7) is 5.64. The quantitative estimate of drug-likeness (QED) is 0.623. The van der Waals surface area contributed by atoms with Crippen LogP contribution in [0.1, 0.15) is 35.1 Å². The number of hydrogen-bond acceptors (Lipinski definition) is 6. The van der Waals surface area contributed by atoms with Crippen molar-refractivity contribution in [2.45, 2.75) is 32.7 Å². The van der Waals surface area contributed by atoms with Crippen LogP contribution in [0.4, 0.5) is 11.4 Å². The number of carbonyl (C=O) groups excluding carboxylic acids is 2. The summed E-state index contributed by atoms with van der Waals surface area (Å²) >= 11 is 1.51. The van der Waals surface area contributed by atoms with Crippen LogP contribution in [0.15, 0.2) is 46.4 Å². The second kappa shape index (κ2) is 8.71. The molecule has 3 aromatic rings. The largest absolute Gasteiger partial charge is 0.462 e. The number of nitrogens with zero attached hydrogens (tertiary/aromatic N) is 2. The van der Waals surface area contributed by atoms with E-state index in [0.717, 1.165) is 29.5 Å². The van der Waals surface area contributed by atoms with Crippen LogP contribution in [0.5, 0.6) is 0 Å². The molecule has 3 heterocycles. The maximum atomic E-state index is 12.6. The highest BCUT2D eigenvalue weighted by atomic mass is 32.1. The molecule has 0 aliphatic carbocycles. The number of furan rings is 1. The zero-order chi connectivity index (χ0) is 21.1. The monoisotopic (exact) mass is 424 g/mol. The lowest BCUT2D eigenvalue weighted by molar-refractivity contribution is -0.117. The van der Waals surface area contributed by atoms with Crippen molar-refractivity contribution in [1.82, 2.24) is 10.3 Å². The van der Waals surface area contributed by atoms with Crippen molar-refractivity contribution in [2.24, 2.45) is 0 Å². The Bertz CT molecular complexity index is 1050. The van der Waals surface area contributed by atoms with Crippen molar-refractivity contribution in [1.29, 1.82) is 0 Å². The van der Waals surface area contributed by atoms with Crippen LogP contribution in [0.2, 0.25) is 0 Å². The Hall–Kier alpha value is -3.13. The first kappa shape index (κ1) is 20.2. The molecule has 1 aliphatic rings. The number of hydrogen-bond donors (Lipinski definition) is 2. The average Bonchev–Trinajstić information content (AvgIpc) is 3.49. The third kappa shape index (κ3) is 4.54. The van der Waals surface area contributed by atoms with Crippen LogP contribution < -0.4 is 15.5 Å². The van der Waals surface area contributed by atoms with Gasteiger partial charge in [-0.05, 0) is 51.0 Å². The van der Waals surface area contributed by atoms with Crippen LogP contribution in [-0.2, 0) is 4.79 Å². The smallest absolute Gasteiger partial charge is 0.255 e. The predicted molar refractivity (Wildman–Crippen MR) is 118 cm³/mol. The lowest BCUT2D eigenvalue weighted by Crippen LogP contribution is -2.41. The summed E-state index contributed by atoms with van der Waals surface area (Å²) in [6.07, 6.45) is 3.76. The first-order valence-electron chi connectivity index (χ1n) is 9.97. The molecule has 1 aromatic carbocycles. The van der Waals surface area contributed by atoms with Gasteiger partial charge in [-0.3, -0.25) is 9.59 Å². The molecule has 1 aliphatic heterocycles. The fourth-order valence-electron chi connectivity index (χ4n) is 3.42. The van der Waals surface area contributed by atoms with Gasteiger partial charge in [-0.15, -0.1) is 11.3 Å². The third-order valence-electron chi connectivity index (χ3n) is 5.06. The molecule has 0 saturated carbocycles. The summed E-state index contributed by atoms with van der Waals surface area (Å²) in [7, 11) is 0. The molecular formula is C22H24N4O3S. The lowest BCUT2D eigenvalue weighted by Gasteiger charge is -2.19. The average molecular weight is 425 g/mol. The molecule has 0 spiro atoms. The molecule has 2 aromatic heterocycles. The molecule has 7 nitrogen and oxygen atoms in total. The Kier molecular flexibility index (Phi) is 5.85. The summed E-state index contributed by atoms with van der Waals surface area (Å²) in [5.41, 5.74) is 2.87. The molecule has 8 heteroatoms.